The molecule has 2 rings (SSSR count). The SMILES string of the molecule is COc1cc(/C=C/C(=O)OCCc2cc(OC)c(O)c(OC)c2)ccc1O. The van der Waals surface area contributed by atoms with Crippen LogP contribution >= 0.6 is 0 Å². The molecule has 0 bridgehead atoms. The zero-order valence-electron chi connectivity index (χ0n) is 15.4. The van der Waals surface area contributed by atoms with E-state index >= 15 is 0 Å². The van der Waals surface area contributed by atoms with Crippen molar-refractivity contribution in [3.8, 4) is 28.7 Å². The van der Waals surface area contributed by atoms with Crippen molar-refractivity contribution in [2.75, 3.05) is 27.9 Å². The van der Waals surface area contributed by atoms with Gasteiger partial charge in [-0.15, -0.1) is 0 Å². The number of phenols is 2. The van der Waals surface area contributed by atoms with Gasteiger partial charge in [0, 0.05) is 12.5 Å². The number of methoxy groups -OCH3 is 3. The van der Waals surface area contributed by atoms with Crippen LogP contribution in [-0.2, 0) is 16.0 Å². The van der Waals surface area contributed by atoms with Gasteiger partial charge in [-0.25, -0.2) is 4.79 Å². The van der Waals surface area contributed by atoms with Gasteiger partial charge in [-0.3, -0.25) is 0 Å². The van der Waals surface area contributed by atoms with Gasteiger partial charge in [0.15, 0.2) is 23.0 Å². The summed E-state index contributed by atoms with van der Waals surface area (Å²) in [5.41, 5.74) is 1.48. The molecular formula is C20H22O7. The predicted octanol–water partition coefficient (Wildman–Crippen LogP) is 2.92. The number of hydrogen-bond donors (Lipinski definition) is 2. The average Bonchev–Trinajstić information content (AvgIpc) is 2.68. The van der Waals surface area contributed by atoms with Crippen molar-refractivity contribution in [3.05, 3.63) is 47.5 Å². The molecule has 0 fully saturated rings. The maximum absolute atomic E-state index is 11.8. The molecule has 27 heavy (non-hydrogen) atoms. The molecule has 0 aliphatic heterocycles. The molecule has 7 nitrogen and oxygen atoms in total. The highest BCUT2D eigenvalue weighted by atomic mass is 16.5. The summed E-state index contributed by atoms with van der Waals surface area (Å²) in [5.74, 6) is 0.346. The summed E-state index contributed by atoms with van der Waals surface area (Å²) in [7, 11) is 4.34. The quantitative estimate of drug-likeness (QED) is 0.542. The topological polar surface area (TPSA) is 94.5 Å². The third kappa shape index (κ3) is 5.31. The van der Waals surface area contributed by atoms with E-state index in [0.717, 1.165) is 5.56 Å². The Bertz CT molecular complexity index is 802. The Balaban J connectivity index is 1.93. The molecule has 0 aromatic heterocycles. The minimum absolute atomic E-state index is 0.0250. The highest BCUT2D eigenvalue weighted by Crippen LogP contribution is 2.37. The van der Waals surface area contributed by atoms with E-state index in [-0.39, 0.29) is 29.6 Å². The second-order valence-electron chi connectivity index (χ2n) is 5.53. The van der Waals surface area contributed by atoms with E-state index in [4.69, 9.17) is 18.9 Å². The molecule has 2 N–H and O–H groups in total. The second-order valence-corrected chi connectivity index (χ2v) is 5.53. The maximum Gasteiger partial charge on any atom is 0.330 e. The van der Waals surface area contributed by atoms with Crippen LogP contribution in [-0.4, -0.2) is 44.1 Å². The first-order valence-electron chi connectivity index (χ1n) is 8.14. The molecule has 0 unspecified atom stereocenters. The van der Waals surface area contributed by atoms with Crippen LogP contribution in [0.25, 0.3) is 6.08 Å². The summed E-state index contributed by atoms with van der Waals surface area (Å²) in [6.07, 6.45) is 3.29. The third-order valence-corrected chi connectivity index (χ3v) is 3.79. The molecule has 0 atom stereocenters. The summed E-state index contributed by atoms with van der Waals surface area (Å²) in [4.78, 5) is 11.8. The second kappa shape index (κ2) is 9.38. The highest BCUT2D eigenvalue weighted by Gasteiger charge is 2.11. The van der Waals surface area contributed by atoms with Gasteiger partial charge < -0.3 is 29.2 Å². The van der Waals surface area contributed by atoms with Crippen LogP contribution in [0.4, 0.5) is 0 Å². The molecule has 0 saturated heterocycles. The van der Waals surface area contributed by atoms with Gasteiger partial charge >= 0.3 is 5.97 Å². The largest absolute Gasteiger partial charge is 0.504 e. The van der Waals surface area contributed by atoms with Gasteiger partial charge in [-0.1, -0.05) is 6.07 Å². The van der Waals surface area contributed by atoms with Crippen LogP contribution in [0.1, 0.15) is 11.1 Å². The fraction of sp³-hybridized carbons (Fsp3) is 0.250. The Hall–Kier alpha value is -3.35. The first kappa shape index (κ1) is 20.0. The van der Waals surface area contributed by atoms with Gasteiger partial charge in [0.25, 0.3) is 0 Å². The number of ether oxygens (including phenoxy) is 4. The van der Waals surface area contributed by atoms with E-state index in [1.807, 2.05) is 0 Å². The molecule has 2 aromatic rings. The summed E-state index contributed by atoms with van der Waals surface area (Å²) in [6, 6.07) is 8.05. The fourth-order valence-corrected chi connectivity index (χ4v) is 2.37. The smallest absolute Gasteiger partial charge is 0.330 e. The number of carbonyl (C=O) groups excluding carboxylic acids is 1. The number of esters is 1. The van der Waals surface area contributed by atoms with Gasteiger partial charge in [0.2, 0.25) is 5.75 Å². The lowest BCUT2D eigenvalue weighted by Gasteiger charge is -2.11. The number of rotatable bonds is 8. The molecule has 0 aliphatic rings. The third-order valence-electron chi connectivity index (χ3n) is 3.79. The summed E-state index contributed by atoms with van der Waals surface area (Å²) >= 11 is 0. The van der Waals surface area contributed by atoms with E-state index in [9.17, 15) is 15.0 Å². The Morgan fingerprint density at radius 3 is 2.19 bits per heavy atom. The lowest BCUT2D eigenvalue weighted by atomic mass is 10.1. The molecule has 0 amide bonds. The molecule has 0 radical (unpaired) electrons. The number of carbonyl (C=O) groups is 1. The molecule has 2 aromatic carbocycles. The standard InChI is InChI=1S/C20H22O7/c1-24-16-10-13(4-6-15(16)21)5-7-19(22)27-9-8-14-11-17(25-2)20(23)18(12-14)26-3/h4-7,10-12,21,23H,8-9H2,1-3H3/b7-5+. The number of benzene rings is 2. The summed E-state index contributed by atoms with van der Waals surface area (Å²) in [5, 5.41) is 19.4. The van der Waals surface area contributed by atoms with Gasteiger partial charge in [0.05, 0.1) is 27.9 Å². The molecule has 144 valence electrons. The van der Waals surface area contributed by atoms with Crippen LogP contribution in [0.2, 0.25) is 0 Å². The molecule has 0 heterocycles. The first-order valence-corrected chi connectivity index (χ1v) is 8.14. The van der Waals surface area contributed by atoms with Crippen molar-refractivity contribution < 1.29 is 34.0 Å². The number of phenolic OH excluding ortho intramolecular Hbond substituents is 2. The van der Waals surface area contributed by atoms with Crippen molar-refractivity contribution in [1.82, 2.24) is 0 Å². The fourth-order valence-electron chi connectivity index (χ4n) is 2.37. The van der Waals surface area contributed by atoms with Crippen LogP contribution in [0, 0.1) is 0 Å². The van der Waals surface area contributed by atoms with Crippen LogP contribution in [0.3, 0.4) is 0 Å². The van der Waals surface area contributed by atoms with E-state index in [0.29, 0.717) is 17.7 Å². The Morgan fingerprint density at radius 1 is 0.963 bits per heavy atom. The highest BCUT2D eigenvalue weighted by molar-refractivity contribution is 5.87. The van der Waals surface area contributed by atoms with E-state index in [1.165, 1.54) is 33.5 Å². The Morgan fingerprint density at radius 2 is 1.59 bits per heavy atom. The van der Waals surface area contributed by atoms with E-state index in [1.54, 1.807) is 30.3 Å². The van der Waals surface area contributed by atoms with Crippen molar-refractivity contribution in [1.29, 1.82) is 0 Å². The Labute approximate surface area is 157 Å². The monoisotopic (exact) mass is 374 g/mol. The van der Waals surface area contributed by atoms with Crippen molar-refractivity contribution >= 4 is 12.0 Å². The van der Waals surface area contributed by atoms with E-state index in [2.05, 4.69) is 0 Å². The van der Waals surface area contributed by atoms with Gasteiger partial charge in [-0.2, -0.15) is 0 Å². The van der Waals surface area contributed by atoms with Crippen molar-refractivity contribution in [2.45, 2.75) is 6.42 Å². The molecule has 0 saturated carbocycles. The van der Waals surface area contributed by atoms with Gasteiger partial charge in [-0.05, 0) is 41.5 Å². The van der Waals surface area contributed by atoms with Crippen molar-refractivity contribution in [3.63, 3.8) is 0 Å². The molecular weight excluding hydrogens is 352 g/mol. The summed E-state index contributed by atoms with van der Waals surface area (Å²) in [6.45, 7) is 0.152. The number of hydrogen-bond acceptors (Lipinski definition) is 7. The normalized spacial score (nSPS) is 10.6. The molecule has 0 spiro atoms. The Kier molecular flexibility index (Phi) is 6.93. The first-order chi connectivity index (χ1) is 13.0. The summed E-state index contributed by atoms with van der Waals surface area (Å²) < 4.78 is 20.4. The zero-order chi connectivity index (χ0) is 19.8. The minimum atomic E-state index is -0.500. The minimum Gasteiger partial charge on any atom is -0.504 e. The average molecular weight is 374 g/mol. The predicted molar refractivity (Wildman–Crippen MR) is 99.6 cm³/mol. The molecule has 0 aliphatic carbocycles. The molecule has 7 heteroatoms. The van der Waals surface area contributed by atoms with E-state index < -0.39 is 5.97 Å². The maximum atomic E-state index is 11.8. The van der Waals surface area contributed by atoms with Crippen molar-refractivity contribution in [2.24, 2.45) is 0 Å². The lowest BCUT2D eigenvalue weighted by Crippen LogP contribution is -2.05. The lowest BCUT2D eigenvalue weighted by molar-refractivity contribution is -0.137. The zero-order valence-corrected chi connectivity index (χ0v) is 15.4. The van der Waals surface area contributed by atoms with Crippen LogP contribution in [0.15, 0.2) is 36.4 Å². The number of aromatic hydroxyl groups is 2. The van der Waals surface area contributed by atoms with Crippen LogP contribution < -0.4 is 14.2 Å². The van der Waals surface area contributed by atoms with Gasteiger partial charge in [0.1, 0.15) is 0 Å². The van der Waals surface area contributed by atoms with Crippen LogP contribution in [0.5, 0.6) is 28.7 Å².